The van der Waals surface area contributed by atoms with E-state index in [2.05, 4.69) is 10.6 Å². The van der Waals surface area contributed by atoms with Crippen LogP contribution in [0, 0.1) is 17.0 Å². The van der Waals surface area contributed by atoms with Gasteiger partial charge in [-0.05, 0) is 35.2 Å². The minimum Gasteiger partial charge on any atom is -0.381 e. The van der Waals surface area contributed by atoms with E-state index in [-0.39, 0.29) is 24.1 Å². The Morgan fingerprint density at radius 3 is 1.96 bits per heavy atom. The van der Waals surface area contributed by atoms with Crippen molar-refractivity contribution in [1.29, 1.82) is 0 Å². The molecule has 3 nitrogen and oxygen atoms in total. The first-order valence-electron chi connectivity index (χ1n) is 8.54. The average Bonchev–Trinajstić information content (AvgIpc) is 2.54. The highest BCUT2D eigenvalue weighted by Gasteiger charge is 2.29. The SMILES string of the molecule is CC(C)(C)CC(=O)Nc1c(F)cc(NCc2ccc(C(F)(F)F)cc2)cc1F. The molecule has 0 radical (unpaired) electrons. The zero-order valence-electron chi connectivity index (χ0n) is 15.7. The van der Waals surface area contributed by atoms with Gasteiger partial charge >= 0.3 is 6.18 Å². The molecule has 152 valence electrons. The number of hydrogen-bond acceptors (Lipinski definition) is 2. The Labute approximate surface area is 159 Å². The molecule has 0 aliphatic carbocycles. The molecule has 0 unspecified atom stereocenters. The molecule has 0 bridgehead atoms. The van der Waals surface area contributed by atoms with Crippen molar-refractivity contribution in [1.82, 2.24) is 0 Å². The maximum absolute atomic E-state index is 14.2. The first-order chi connectivity index (χ1) is 12.8. The first-order valence-corrected chi connectivity index (χ1v) is 8.54. The van der Waals surface area contributed by atoms with E-state index in [1.165, 1.54) is 12.1 Å². The smallest absolute Gasteiger partial charge is 0.381 e. The summed E-state index contributed by atoms with van der Waals surface area (Å²) in [6.07, 6.45) is -4.33. The molecule has 0 saturated heterocycles. The molecule has 2 aromatic carbocycles. The van der Waals surface area contributed by atoms with E-state index in [0.29, 0.717) is 5.56 Å². The highest BCUT2D eigenvalue weighted by Crippen LogP contribution is 2.29. The second kappa shape index (κ2) is 8.16. The predicted molar refractivity (Wildman–Crippen MR) is 97.8 cm³/mol. The third kappa shape index (κ3) is 6.21. The van der Waals surface area contributed by atoms with Gasteiger partial charge < -0.3 is 10.6 Å². The molecule has 2 N–H and O–H groups in total. The summed E-state index contributed by atoms with van der Waals surface area (Å²) in [6, 6.07) is 6.46. The number of carbonyl (C=O) groups is 1. The lowest BCUT2D eigenvalue weighted by molar-refractivity contribution is -0.137. The number of benzene rings is 2. The van der Waals surface area contributed by atoms with Gasteiger partial charge in [-0.15, -0.1) is 0 Å². The second-order valence-electron chi connectivity index (χ2n) is 7.65. The van der Waals surface area contributed by atoms with Gasteiger partial charge in [0.2, 0.25) is 5.91 Å². The van der Waals surface area contributed by atoms with Gasteiger partial charge in [0.15, 0.2) is 11.6 Å². The Morgan fingerprint density at radius 2 is 1.50 bits per heavy atom. The molecular weight excluding hydrogens is 379 g/mol. The van der Waals surface area contributed by atoms with Crippen LogP contribution in [0.4, 0.5) is 33.3 Å². The predicted octanol–water partition coefficient (Wildman–Crippen LogP) is 5.97. The third-order valence-corrected chi connectivity index (χ3v) is 3.78. The lowest BCUT2D eigenvalue weighted by Gasteiger charge is -2.18. The zero-order valence-corrected chi connectivity index (χ0v) is 15.7. The Kier molecular flexibility index (Phi) is 6.31. The number of alkyl halides is 3. The summed E-state index contributed by atoms with van der Waals surface area (Å²) in [5.74, 6) is -2.40. The van der Waals surface area contributed by atoms with Crippen LogP contribution in [0.5, 0.6) is 0 Å². The topological polar surface area (TPSA) is 41.1 Å². The van der Waals surface area contributed by atoms with Gasteiger partial charge in [0.25, 0.3) is 0 Å². The second-order valence-corrected chi connectivity index (χ2v) is 7.65. The molecule has 2 rings (SSSR count). The highest BCUT2D eigenvalue weighted by molar-refractivity contribution is 5.91. The molecule has 0 spiro atoms. The van der Waals surface area contributed by atoms with Crippen LogP contribution >= 0.6 is 0 Å². The Bertz CT molecular complexity index is 816. The van der Waals surface area contributed by atoms with Crippen LogP contribution in [0.2, 0.25) is 0 Å². The highest BCUT2D eigenvalue weighted by atomic mass is 19.4. The lowest BCUT2D eigenvalue weighted by Crippen LogP contribution is -2.21. The molecule has 0 atom stereocenters. The Hall–Kier alpha value is -2.64. The van der Waals surface area contributed by atoms with Crippen molar-refractivity contribution < 1.29 is 26.7 Å². The summed E-state index contributed by atoms with van der Waals surface area (Å²) < 4.78 is 66.0. The van der Waals surface area contributed by atoms with E-state index in [9.17, 15) is 26.7 Å². The van der Waals surface area contributed by atoms with Crippen molar-refractivity contribution in [3.05, 3.63) is 59.2 Å². The molecule has 28 heavy (non-hydrogen) atoms. The first kappa shape index (κ1) is 21.7. The summed E-state index contributed by atoms with van der Waals surface area (Å²) >= 11 is 0. The minimum absolute atomic E-state index is 0.0761. The number of anilines is 2. The van der Waals surface area contributed by atoms with Crippen LogP contribution in [-0.2, 0) is 17.5 Å². The van der Waals surface area contributed by atoms with Crippen LogP contribution in [0.25, 0.3) is 0 Å². The molecule has 0 aliphatic heterocycles. The molecule has 0 aliphatic rings. The van der Waals surface area contributed by atoms with Gasteiger partial charge in [-0.1, -0.05) is 32.9 Å². The van der Waals surface area contributed by atoms with E-state index >= 15 is 0 Å². The van der Waals surface area contributed by atoms with Crippen molar-refractivity contribution in [2.75, 3.05) is 10.6 Å². The summed E-state index contributed by atoms with van der Waals surface area (Å²) in [5.41, 5.74) is -1.03. The number of rotatable bonds is 5. The van der Waals surface area contributed by atoms with Crippen LogP contribution < -0.4 is 10.6 Å². The van der Waals surface area contributed by atoms with E-state index in [1.54, 1.807) is 0 Å². The normalized spacial score (nSPS) is 12.0. The minimum atomic E-state index is -4.43. The molecule has 0 fully saturated rings. The van der Waals surface area contributed by atoms with Crippen molar-refractivity contribution in [2.45, 2.75) is 39.9 Å². The molecule has 0 heterocycles. The fraction of sp³-hybridized carbons (Fsp3) is 0.350. The Morgan fingerprint density at radius 1 is 0.964 bits per heavy atom. The molecule has 0 aromatic heterocycles. The summed E-state index contributed by atoms with van der Waals surface area (Å²) in [7, 11) is 0. The third-order valence-electron chi connectivity index (χ3n) is 3.78. The molecule has 2 aromatic rings. The van der Waals surface area contributed by atoms with Gasteiger partial charge in [0, 0.05) is 18.7 Å². The van der Waals surface area contributed by atoms with E-state index in [1.807, 2.05) is 20.8 Å². The standard InChI is InChI=1S/C20H21F5N2O/c1-19(2,3)10-17(28)27-18-15(21)8-14(9-16(18)22)26-11-12-4-6-13(7-5-12)20(23,24)25/h4-9,26H,10-11H2,1-3H3,(H,27,28). The van der Waals surface area contributed by atoms with E-state index in [0.717, 1.165) is 24.3 Å². The van der Waals surface area contributed by atoms with Gasteiger partial charge in [-0.25, -0.2) is 8.78 Å². The fourth-order valence-electron chi connectivity index (χ4n) is 2.48. The Balaban J connectivity index is 2.05. The van der Waals surface area contributed by atoms with Crippen molar-refractivity contribution in [3.8, 4) is 0 Å². The fourth-order valence-corrected chi connectivity index (χ4v) is 2.48. The number of nitrogens with one attached hydrogen (secondary N) is 2. The van der Waals surface area contributed by atoms with Crippen LogP contribution in [0.1, 0.15) is 38.3 Å². The average molecular weight is 400 g/mol. The van der Waals surface area contributed by atoms with E-state index < -0.39 is 35.0 Å². The van der Waals surface area contributed by atoms with E-state index in [4.69, 9.17) is 0 Å². The maximum atomic E-state index is 14.2. The number of hydrogen-bond donors (Lipinski definition) is 2. The van der Waals surface area contributed by atoms with Gasteiger partial charge in [-0.3, -0.25) is 4.79 Å². The van der Waals surface area contributed by atoms with Gasteiger partial charge in [-0.2, -0.15) is 13.2 Å². The van der Waals surface area contributed by atoms with Crippen molar-refractivity contribution in [3.63, 3.8) is 0 Å². The number of carbonyl (C=O) groups excluding carboxylic acids is 1. The van der Waals surface area contributed by atoms with Gasteiger partial charge in [0.1, 0.15) is 5.69 Å². The molecular formula is C20H21F5N2O. The number of amides is 1. The van der Waals surface area contributed by atoms with Crippen molar-refractivity contribution >= 4 is 17.3 Å². The maximum Gasteiger partial charge on any atom is 0.416 e. The summed E-state index contributed by atoms with van der Waals surface area (Å²) in [6.45, 7) is 5.56. The molecule has 1 amide bonds. The number of halogens is 5. The van der Waals surface area contributed by atoms with Crippen LogP contribution in [-0.4, -0.2) is 5.91 Å². The summed E-state index contributed by atoms with van der Waals surface area (Å²) in [5, 5.41) is 4.98. The quantitative estimate of drug-likeness (QED) is 0.607. The van der Waals surface area contributed by atoms with Gasteiger partial charge in [0.05, 0.1) is 5.56 Å². The monoisotopic (exact) mass is 400 g/mol. The zero-order chi connectivity index (χ0) is 21.1. The largest absolute Gasteiger partial charge is 0.416 e. The van der Waals surface area contributed by atoms with Crippen LogP contribution in [0.15, 0.2) is 36.4 Å². The molecule has 0 saturated carbocycles. The van der Waals surface area contributed by atoms with Crippen molar-refractivity contribution in [2.24, 2.45) is 5.41 Å². The lowest BCUT2D eigenvalue weighted by atomic mass is 9.92. The summed E-state index contributed by atoms with van der Waals surface area (Å²) in [4.78, 5) is 11.9. The molecule has 8 heteroatoms. The van der Waals surface area contributed by atoms with Crippen LogP contribution in [0.3, 0.4) is 0 Å².